The van der Waals surface area contributed by atoms with Gasteiger partial charge in [-0.3, -0.25) is 4.79 Å². The molecule has 3 rings (SSSR count). The molecular formula is C17H16FN3O3. The van der Waals surface area contributed by atoms with Crippen molar-refractivity contribution in [2.24, 2.45) is 0 Å². The van der Waals surface area contributed by atoms with Crippen LogP contribution >= 0.6 is 0 Å². The highest BCUT2D eigenvalue weighted by atomic mass is 19.1. The molecule has 0 atom stereocenters. The first-order valence-electron chi connectivity index (χ1n) is 7.48. The second-order valence-electron chi connectivity index (χ2n) is 5.45. The third-order valence-electron chi connectivity index (χ3n) is 3.90. The van der Waals surface area contributed by atoms with Gasteiger partial charge < -0.3 is 9.72 Å². The smallest absolute Gasteiger partial charge is 0.358 e. The second kappa shape index (κ2) is 5.92. The van der Waals surface area contributed by atoms with E-state index in [4.69, 9.17) is 4.74 Å². The number of aromatic amines is 1. The van der Waals surface area contributed by atoms with Crippen LogP contribution in [0.5, 0.6) is 0 Å². The number of halogens is 1. The Morgan fingerprint density at radius 2 is 2.12 bits per heavy atom. The molecule has 0 saturated heterocycles. The van der Waals surface area contributed by atoms with Crippen molar-refractivity contribution < 1.29 is 13.9 Å². The van der Waals surface area contributed by atoms with Gasteiger partial charge in [0.1, 0.15) is 11.3 Å². The summed E-state index contributed by atoms with van der Waals surface area (Å²) in [5, 5.41) is 4.05. The number of nitrogens with one attached hydrogen (secondary N) is 1. The maximum atomic E-state index is 14.5. The highest BCUT2D eigenvalue weighted by Crippen LogP contribution is 2.24. The lowest BCUT2D eigenvalue weighted by molar-refractivity contribution is 0.0519. The van der Waals surface area contributed by atoms with Crippen molar-refractivity contribution in [3.63, 3.8) is 0 Å². The minimum absolute atomic E-state index is 0.0278. The van der Waals surface area contributed by atoms with Gasteiger partial charge in [-0.1, -0.05) is 6.07 Å². The molecule has 7 heteroatoms. The normalized spacial score (nSPS) is 11.0. The van der Waals surface area contributed by atoms with E-state index in [1.54, 1.807) is 26.0 Å². The number of aryl methyl sites for hydroxylation is 1. The number of hydrogen-bond acceptors (Lipinski definition) is 4. The molecule has 0 aliphatic carbocycles. The Kier molecular flexibility index (Phi) is 3.92. The average molecular weight is 329 g/mol. The van der Waals surface area contributed by atoms with Crippen LogP contribution in [0.25, 0.3) is 16.8 Å². The Bertz CT molecular complexity index is 1000. The topological polar surface area (TPSA) is 76.5 Å². The summed E-state index contributed by atoms with van der Waals surface area (Å²) in [5.74, 6) is -1.01. The Hall–Kier alpha value is -2.96. The van der Waals surface area contributed by atoms with Crippen molar-refractivity contribution in [3.8, 4) is 11.3 Å². The van der Waals surface area contributed by atoms with Gasteiger partial charge in [-0.05, 0) is 38.0 Å². The van der Waals surface area contributed by atoms with Gasteiger partial charge in [-0.25, -0.2) is 13.7 Å². The molecule has 0 saturated carbocycles. The number of esters is 1. The van der Waals surface area contributed by atoms with Crippen molar-refractivity contribution in [1.82, 2.24) is 14.6 Å². The van der Waals surface area contributed by atoms with Crippen molar-refractivity contribution in [3.05, 3.63) is 57.4 Å². The van der Waals surface area contributed by atoms with Crippen LogP contribution in [0.4, 0.5) is 4.39 Å². The van der Waals surface area contributed by atoms with Gasteiger partial charge in [0, 0.05) is 11.6 Å². The number of nitrogens with zero attached hydrogens (tertiary/aromatic N) is 2. The maximum absolute atomic E-state index is 14.5. The van der Waals surface area contributed by atoms with E-state index < -0.39 is 17.3 Å². The average Bonchev–Trinajstić information content (AvgIpc) is 2.98. The van der Waals surface area contributed by atoms with Crippen molar-refractivity contribution in [2.75, 3.05) is 6.61 Å². The van der Waals surface area contributed by atoms with Crippen molar-refractivity contribution in [2.45, 2.75) is 20.8 Å². The third-order valence-corrected chi connectivity index (χ3v) is 3.90. The summed E-state index contributed by atoms with van der Waals surface area (Å²) in [7, 11) is 0. The van der Waals surface area contributed by atoms with Crippen LogP contribution in [0.15, 0.2) is 29.2 Å². The first-order chi connectivity index (χ1) is 11.4. The Morgan fingerprint density at radius 3 is 2.83 bits per heavy atom. The van der Waals surface area contributed by atoms with Gasteiger partial charge in [0.05, 0.1) is 18.5 Å². The molecule has 1 aromatic carbocycles. The fourth-order valence-electron chi connectivity index (χ4n) is 2.43. The van der Waals surface area contributed by atoms with Crippen LogP contribution in [0.1, 0.15) is 28.5 Å². The molecule has 0 amide bonds. The van der Waals surface area contributed by atoms with E-state index in [0.29, 0.717) is 5.56 Å². The van der Waals surface area contributed by atoms with E-state index in [2.05, 4.69) is 10.1 Å². The lowest BCUT2D eigenvalue weighted by atomic mass is 10.0. The number of carbonyl (C=O) groups is 1. The second-order valence-corrected chi connectivity index (χ2v) is 5.45. The number of rotatable bonds is 3. The minimum atomic E-state index is -0.612. The number of fused-ring (bicyclic) bond motifs is 1. The van der Waals surface area contributed by atoms with E-state index in [0.717, 1.165) is 5.56 Å². The fourth-order valence-corrected chi connectivity index (χ4v) is 2.43. The van der Waals surface area contributed by atoms with E-state index >= 15 is 0 Å². The van der Waals surface area contributed by atoms with Crippen LogP contribution in [0, 0.1) is 19.7 Å². The van der Waals surface area contributed by atoms with Crippen molar-refractivity contribution >= 4 is 11.5 Å². The van der Waals surface area contributed by atoms with E-state index in [1.165, 1.54) is 16.8 Å². The van der Waals surface area contributed by atoms with E-state index in [9.17, 15) is 14.0 Å². The predicted octanol–water partition coefficient (Wildman–Crippen LogP) is 2.62. The quantitative estimate of drug-likeness (QED) is 0.750. The molecule has 0 aliphatic rings. The van der Waals surface area contributed by atoms with Crippen LogP contribution in [0.2, 0.25) is 0 Å². The van der Waals surface area contributed by atoms with Gasteiger partial charge in [-0.15, -0.1) is 0 Å². The number of carbonyl (C=O) groups excluding carboxylic acids is 1. The summed E-state index contributed by atoms with van der Waals surface area (Å²) in [5.41, 5.74) is 1.64. The summed E-state index contributed by atoms with van der Waals surface area (Å²) in [6, 6.07) is 4.73. The lowest BCUT2D eigenvalue weighted by Gasteiger charge is -2.08. The van der Waals surface area contributed by atoms with E-state index in [-0.39, 0.29) is 29.1 Å². The number of H-pyrrole nitrogens is 1. The molecule has 24 heavy (non-hydrogen) atoms. The Balaban J connectivity index is 2.16. The van der Waals surface area contributed by atoms with Crippen molar-refractivity contribution in [1.29, 1.82) is 0 Å². The number of benzene rings is 1. The molecule has 3 aromatic rings. The third kappa shape index (κ3) is 2.58. The number of hydrogen-bond donors (Lipinski definition) is 1. The van der Waals surface area contributed by atoms with Gasteiger partial charge in [-0.2, -0.15) is 5.10 Å². The summed E-state index contributed by atoms with van der Waals surface area (Å²) < 4.78 is 20.6. The highest BCUT2D eigenvalue weighted by Gasteiger charge is 2.16. The summed E-state index contributed by atoms with van der Waals surface area (Å²) >= 11 is 0. The maximum Gasteiger partial charge on any atom is 0.358 e. The largest absolute Gasteiger partial charge is 0.461 e. The molecule has 6 nitrogen and oxygen atoms in total. The molecule has 1 N–H and O–H groups in total. The Morgan fingerprint density at radius 1 is 1.38 bits per heavy atom. The zero-order chi connectivity index (χ0) is 17.4. The SMILES string of the molecule is CCOC(=O)c1cc2c(=O)[nH]c(-c3ccc(C)c(C)c3F)cn2n1. The molecular weight excluding hydrogens is 313 g/mol. The number of aromatic nitrogens is 3. The lowest BCUT2D eigenvalue weighted by Crippen LogP contribution is -2.11. The molecule has 0 aliphatic heterocycles. The zero-order valence-electron chi connectivity index (χ0n) is 13.5. The molecule has 2 heterocycles. The molecule has 124 valence electrons. The summed E-state index contributed by atoms with van der Waals surface area (Å²) in [6.07, 6.45) is 1.48. The zero-order valence-corrected chi connectivity index (χ0v) is 13.5. The first-order valence-corrected chi connectivity index (χ1v) is 7.48. The van der Waals surface area contributed by atoms with Gasteiger partial charge in [0.25, 0.3) is 5.56 Å². The monoisotopic (exact) mass is 329 g/mol. The minimum Gasteiger partial charge on any atom is -0.461 e. The summed E-state index contributed by atoms with van der Waals surface area (Å²) in [4.78, 5) is 26.6. The highest BCUT2D eigenvalue weighted by molar-refractivity contribution is 5.88. The van der Waals surface area contributed by atoms with Gasteiger partial charge in [0.2, 0.25) is 0 Å². The predicted molar refractivity (Wildman–Crippen MR) is 86.6 cm³/mol. The molecule has 0 radical (unpaired) electrons. The molecule has 0 unspecified atom stereocenters. The first kappa shape index (κ1) is 15.9. The molecule has 0 fully saturated rings. The standard InChI is InChI=1S/C17H16FN3O3/c1-4-24-17(23)12-7-14-16(22)19-13(8-21(14)20-12)11-6-5-9(2)10(3)15(11)18/h5-8H,4H2,1-3H3,(H,19,22). The molecule has 0 spiro atoms. The fraction of sp³-hybridized carbons (Fsp3) is 0.235. The van der Waals surface area contributed by atoms with Crippen LogP contribution in [0.3, 0.4) is 0 Å². The van der Waals surface area contributed by atoms with Crippen LogP contribution < -0.4 is 5.56 Å². The molecule has 2 aromatic heterocycles. The van der Waals surface area contributed by atoms with E-state index in [1.807, 2.05) is 6.92 Å². The van der Waals surface area contributed by atoms with Gasteiger partial charge >= 0.3 is 5.97 Å². The summed E-state index contributed by atoms with van der Waals surface area (Å²) in [6.45, 7) is 5.38. The van der Waals surface area contributed by atoms with Gasteiger partial charge in [0.15, 0.2) is 5.69 Å². The van der Waals surface area contributed by atoms with Crippen LogP contribution in [-0.4, -0.2) is 27.2 Å². The van der Waals surface area contributed by atoms with Crippen LogP contribution in [-0.2, 0) is 4.74 Å². The Labute approximate surface area is 136 Å². The molecule has 0 bridgehead atoms. The number of ether oxygens (including phenoxy) is 1.